The van der Waals surface area contributed by atoms with Crippen molar-refractivity contribution in [3.05, 3.63) is 0 Å². The van der Waals surface area contributed by atoms with Gasteiger partial charge in [0.05, 0.1) is 12.2 Å². The summed E-state index contributed by atoms with van der Waals surface area (Å²) < 4.78 is 15.8. The summed E-state index contributed by atoms with van der Waals surface area (Å²) in [6, 6.07) is 0. The van der Waals surface area contributed by atoms with Gasteiger partial charge in [0, 0.05) is 0 Å². The molecule has 0 bridgehead atoms. The molecule has 19 heavy (non-hydrogen) atoms. The van der Waals surface area contributed by atoms with Crippen molar-refractivity contribution in [3.8, 4) is 0 Å². The molecule has 1 saturated heterocycles. The Balaban J connectivity index is 2.87. The third-order valence-electron chi connectivity index (χ3n) is 2.62. The van der Waals surface area contributed by atoms with Crippen LogP contribution in [0.25, 0.3) is 0 Å². The lowest BCUT2D eigenvalue weighted by atomic mass is 9.98. The van der Waals surface area contributed by atoms with Crippen molar-refractivity contribution < 1.29 is 34.3 Å². The first-order valence-electron chi connectivity index (χ1n) is 6.29. The van der Waals surface area contributed by atoms with Crippen LogP contribution in [-0.2, 0) is 19.0 Å². The zero-order valence-electron chi connectivity index (χ0n) is 11.5. The maximum absolute atomic E-state index is 11.2. The number of ether oxygens (including phenoxy) is 3. The molecule has 1 aliphatic rings. The van der Waals surface area contributed by atoms with E-state index in [4.69, 9.17) is 19.3 Å². The summed E-state index contributed by atoms with van der Waals surface area (Å²) in [6.45, 7) is 6.84. The van der Waals surface area contributed by atoms with Gasteiger partial charge in [-0.1, -0.05) is 0 Å². The monoisotopic (exact) mass is 278 g/mol. The SMILES string of the molecule is CC(C)O[C@@H]1O[C@H](C(=O)O)[C@@H](OC(C)C)[C@H](O)[C@@H]1O. The van der Waals surface area contributed by atoms with Gasteiger partial charge >= 0.3 is 5.97 Å². The van der Waals surface area contributed by atoms with E-state index in [-0.39, 0.29) is 12.2 Å². The molecule has 3 N–H and O–H groups in total. The molecule has 7 nitrogen and oxygen atoms in total. The molecule has 0 aliphatic carbocycles. The number of hydrogen-bond acceptors (Lipinski definition) is 6. The summed E-state index contributed by atoms with van der Waals surface area (Å²) in [5.41, 5.74) is 0. The van der Waals surface area contributed by atoms with E-state index in [1.807, 2.05) is 0 Å². The Hall–Kier alpha value is -0.730. The van der Waals surface area contributed by atoms with Gasteiger partial charge in [-0.05, 0) is 27.7 Å². The second kappa shape index (κ2) is 6.62. The van der Waals surface area contributed by atoms with Gasteiger partial charge in [-0.15, -0.1) is 0 Å². The zero-order chi connectivity index (χ0) is 14.7. The lowest BCUT2D eigenvalue weighted by Gasteiger charge is -2.41. The van der Waals surface area contributed by atoms with Crippen LogP contribution in [0, 0.1) is 0 Å². The summed E-state index contributed by atoms with van der Waals surface area (Å²) in [7, 11) is 0. The van der Waals surface area contributed by atoms with Gasteiger partial charge < -0.3 is 29.5 Å². The van der Waals surface area contributed by atoms with Crippen molar-refractivity contribution in [1.29, 1.82) is 0 Å². The van der Waals surface area contributed by atoms with Crippen LogP contribution in [0.3, 0.4) is 0 Å². The second-order valence-electron chi connectivity index (χ2n) is 5.08. The maximum Gasteiger partial charge on any atom is 0.335 e. The second-order valence-corrected chi connectivity index (χ2v) is 5.08. The molecule has 0 unspecified atom stereocenters. The minimum atomic E-state index is -1.39. The number of carboxylic acids is 1. The number of aliphatic hydroxyl groups is 2. The molecular weight excluding hydrogens is 256 g/mol. The fourth-order valence-corrected chi connectivity index (χ4v) is 1.88. The van der Waals surface area contributed by atoms with Crippen molar-refractivity contribution in [2.75, 3.05) is 0 Å². The summed E-state index contributed by atoms with van der Waals surface area (Å²) >= 11 is 0. The van der Waals surface area contributed by atoms with Crippen LogP contribution in [0.2, 0.25) is 0 Å². The summed E-state index contributed by atoms with van der Waals surface area (Å²) in [4.78, 5) is 11.2. The highest BCUT2D eigenvalue weighted by Gasteiger charge is 2.49. The zero-order valence-corrected chi connectivity index (χ0v) is 11.5. The smallest absolute Gasteiger partial charge is 0.335 e. The van der Waals surface area contributed by atoms with Crippen molar-refractivity contribution in [2.24, 2.45) is 0 Å². The minimum absolute atomic E-state index is 0.274. The Bertz CT molecular complexity index is 304. The lowest BCUT2D eigenvalue weighted by Crippen LogP contribution is -2.61. The Kier molecular flexibility index (Phi) is 5.69. The average Bonchev–Trinajstić information content (AvgIpc) is 2.27. The number of rotatable bonds is 5. The maximum atomic E-state index is 11.2. The molecule has 1 fully saturated rings. The van der Waals surface area contributed by atoms with Gasteiger partial charge in [0.2, 0.25) is 0 Å². The first kappa shape index (κ1) is 16.3. The number of carboxylic acid groups (broad SMARTS) is 1. The van der Waals surface area contributed by atoms with Crippen LogP contribution in [0.1, 0.15) is 27.7 Å². The highest BCUT2D eigenvalue weighted by molar-refractivity contribution is 5.73. The Morgan fingerprint density at radius 2 is 1.58 bits per heavy atom. The molecule has 112 valence electrons. The van der Waals surface area contributed by atoms with E-state index < -0.39 is 36.7 Å². The van der Waals surface area contributed by atoms with Gasteiger partial charge in [-0.3, -0.25) is 0 Å². The minimum Gasteiger partial charge on any atom is -0.479 e. The van der Waals surface area contributed by atoms with E-state index in [2.05, 4.69) is 0 Å². The van der Waals surface area contributed by atoms with Gasteiger partial charge in [0.15, 0.2) is 12.4 Å². The molecule has 0 radical (unpaired) electrons. The van der Waals surface area contributed by atoms with Crippen LogP contribution in [0.4, 0.5) is 0 Å². The molecular formula is C12H22O7. The number of hydrogen-bond donors (Lipinski definition) is 3. The molecule has 0 aromatic rings. The molecule has 0 amide bonds. The van der Waals surface area contributed by atoms with Crippen LogP contribution < -0.4 is 0 Å². The Morgan fingerprint density at radius 3 is 2.00 bits per heavy atom. The third kappa shape index (κ3) is 4.12. The molecule has 1 aliphatic heterocycles. The van der Waals surface area contributed by atoms with E-state index in [9.17, 15) is 15.0 Å². The van der Waals surface area contributed by atoms with Gasteiger partial charge in [0.25, 0.3) is 0 Å². The largest absolute Gasteiger partial charge is 0.479 e. The predicted molar refractivity (Wildman–Crippen MR) is 64.5 cm³/mol. The van der Waals surface area contributed by atoms with Gasteiger partial charge in [-0.25, -0.2) is 4.79 Å². The molecule has 0 aromatic carbocycles. The first-order valence-corrected chi connectivity index (χ1v) is 6.29. The van der Waals surface area contributed by atoms with Crippen LogP contribution in [-0.4, -0.2) is 64.2 Å². The number of aliphatic carboxylic acids is 1. The van der Waals surface area contributed by atoms with E-state index in [0.29, 0.717) is 0 Å². The molecule has 0 aromatic heterocycles. The fourth-order valence-electron chi connectivity index (χ4n) is 1.88. The average molecular weight is 278 g/mol. The lowest BCUT2D eigenvalue weighted by molar-refractivity contribution is -0.310. The molecule has 1 rings (SSSR count). The van der Waals surface area contributed by atoms with Crippen molar-refractivity contribution in [2.45, 2.75) is 70.6 Å². The fraction of sp³-hybridized carbons (Fsp3) is 0.917. The summed E-state index contributed by atoms with van der Waals surface area (Å²) in [5, 5.41) is 29.0. The number of carbonyl (C=O) groups is 1. The highest BCUT2D eigenvalue weighted by atomic mass is 16.7. The molecule has 7 heteroatoms. The highest BCUT2D eigenvalue weighted by Crippen LogP contribution is 2.26. The van der Waals surface area contributed by atoms with Crippen molar-refractivity contribution in [3.63, 3.8) is 0 Å². The number of aliphatic hydroxyl groups excluding tert-OH is 2. The molecule has 5 atom stereocenters. The van der Waals surface area contributed by atoms with Gasteiger partial charge in [-0.2, -0.15) is 0 Å². The van der Waals surface area contributed by atoms with Crippen LogP contribution in [0.5, 0.6) is 0 Å². The van der Waals surface area contributed by atoms with Gasteiger partial charge in [0.1, 0.15) is 18.3 Å². The standard InChI is InChI=1S/C12H22O7/c1-5(2)17-9-7(13)8(14)12(18-6(3)4)19-10(9)11(15)16/h5-10,12-14H,1-4H3,(H,15,16)/t7-,8+,9+,10+,12-/m1/s1. The Labute approximate surface area is 112 Å². The third-order valence-corrected chi connectivity index (χ3v) is 2.62. The van der Waals surface area contributed by atoms with E-state index >= 15 is 0 Å². The molecule has 0 spiro atoms. The van der Waals surface area contributed by atoms with E-state index in [0.717, 1.165) is 0 Å². The topological polar surface area (TPSA) is 105 Å². The van der Waals surface area contributed by atoms with Crippen LogP contribution >= 0.6 is 0 Å². The van der Waals surface area contributed by atoms with E-state index in [1.165, 1.54) is 0 Å². The Morgan fingerprint density at radius 1 is 1.05 bits per heavy atom. The predicted octanol–water partition coefficient (Wildman–Crippen LogP) is -0.264. The van der Waals surface area contributed by atoms with Crippen molar-refractivity contribution >= 4 is 5.97 Å². The first-order chi connectivity index (χ1) is 8.73. The normalized spacial score (nSPS) is 35.9. The van der Waals surface area contributed by atoms with Crippen molar-refractivity contribution in [1.82, 2.24) is 0 Å². The quantitative estimate of drug-likeness (QED) is 0.636. The van der Waals surface area contributed by atoms with Crippen LogP contribution in [0.15, 0.2) is 0 Å². The molecule has 0 saturated carbocycles. The molecule has 1 heterocycles. The van der Waals surface area contributed by atoms with E-state index in [1.54, 1.807) is 27.7 Å². The summed E-state index contributed by atoms with van der Waals surface area (Å²) in [5.74, 6) is -1.27. The summed E-state index contributed by atoms with van der Waals surface area (Å²) in [6.07, 6.45) is -7.04.